The first-order valence-electron chi connectivity index (χ1n) is 36.3. The number of nitrogens with one attached hydrogen (secondary N) is 1. The van der Waals surface area contributed by atoms with Crippen LogP contribution in [0.3, 0.4) is 0 Å². The second kappa shape index (κ2) is 69.6. The van der Waals surface area contributed by atoms with Gasteiger partial charge in [-0.05, 0) is 83.5 Å². The third-order valence-corrected chi connectivity index (χ3v) is 16.9. The first kappa shape index (κ1) is 78.1. The van der Waals surface area contributed by atoms with Crippen LogP contribution in [0.5, 0.6) is 0 Å². The largest absolute Gasteiger partial charge is 0.466 e. The third kappa shape index (κ3) is 65.2. The molecule has 0 saturated carbocycles. The summed E-state index contributed by atoms with van der Waals surface area (Å²) in [6.45, 7) is 4.92. The summed E-state index contributed by atoms with van der Waals surface area (Å²) in [7, 11) is 0. The van der Waals surface area contributed by atoms with Gasteiger partial charge >= 0.3 is 5.97 Å². The highest BCUT2D eigenvalue weighted by molar-refractivity contribution is 5.76. The first-order valence-corrected chi connectivity index (χ1v) is 36.3. The van der Waals surface area contributed by atoms with Gasteiger partial charge < -0.3 is 20.3 Å². The Hall–Kier alpha value is -1.92. The van der Waals surface area contributed by atoms with Gasteiger partial charge in [-0.15, -0.1) is 0 Å². The standard InChI is InChI=1S/C74H141NO5/c1-3-5-7-9-11-13-15-17-18-41-44-48-52-56-60-64-68-74(79)80-69-65-61-57-53-49-45-42-39-37-35-33-31-29-27-25-23-21-19-20-22-24-26-28-30-32-34-36-38-40-43-47-51-55-59-63-67-73(78)75-71(70-76)72(77)66-62-58-54-50-46-16-14-12-10-8-6-4-2/h18,21,23,41,62,66,71-72,76-77H,3-17,19-20,22,24-40,42-61,63-65,67-70H2,1-2H3,(H,75,78)/b23-21-,41-18-,66-62+. The predicted molar refractivity (Wildman–Crippen MR) is 352 cm³/mol. The van der Waals surface area contributed by atoms with E-state index in [9.17, 15) is 19.8 Å². The zero-order valence-electron chi connectivity index (χ0n) is 54.1. The van der Waals surface area contributed by atoms with E-state index in [1.54, 1.807) is 6.08 Å². The van der Waals surface area contributed by atoms with Crippen LogP contribution in [0.15, 0.2) is 36.5 Å². The van der Waals surface area contributed by atoms with Gasteiger partial charge in [0.25, 0.3) is 0 Å². The molecule has 0 rings (SSSR count). The second-order valence-corrected chi connectivity index (χ2v) is 24.9. The third-order valence-electron chi connectivity index (χ3n) is 16.9. The number of unbranched alkanes of at least 4 members (excludes halogenated alkanes) is 53. The molecular weight excluding hydrogens is 983 g/mol. The molecule has 1 amide bonds. The molecule has 472 valence electrons. The molecule has 0 aliphatic carbocycles. The summed E-state index contributed by atoms with van der Waals surface area (Å²) in [4.78, 5) is 24.5. The Morgan fingerprint density at radius 1 is 0.338 bits per heavy atom. The van der Waals surface area contributed by atoms with Gasteiger partial charge in [0.2, 0.25) is 5.91 Å². The van der Waals surface area contributed by atoms with E-state index < -0.39 is 12.1 Å². The summed E-state index contributed by atoms with van der Waals surface area (Å²) in [5.41, 5.74) is 0. The van der Waals surface area contributed by atoms with Crippen LogP contribution in [0, 0.1) is 0 Å². The average molecular weight is 1120 g/mol. The maximum absolute atomic E-state index is 12.5. The highest BCUT2D eigenvalue weighted by Crippen LogP contribution is 2.18. The molecule has 0 aliphatic rings. The lowest BCUT2D eigenvalue weighted by molar-refractivity contribution is -0.143. The lowest BCUT2D eigenvalue weighted by Crippen LogP contribution is -2.45. The molecule has 0 radical (unpaired) electrons. The highest BCUT2D eigenvalue weighted by atomic mass is 16.5. The fourth-order valence-electron chi connectivity index (χ4n) is 11.3. The van der Waals surface area contributed by atoms with Crippen LogP contribution >= 0.6 is 0 Å². The first-order chi connectivity index (χ1) is 39.5. The van der Waals surface area contributed by atoms with Gasteiger partial charge in [-0.2, -0.15) is 0 Å². The zero-order valence-corrected chi connectivity index (χ0v) is 54.1. The monoisotopic (exact) mass is 1120 g/mol. The summed E-state index contributed by atoms with van der Waals surface area (Å²) < 4.78 is 5.50. The number of amides is 1. The van der Waals surface area contributed by atoms with Crippen molar-refractivity contribution in [2.45, 2.75) is 411 Å². The minimum Gasteiger partial charge on any atom is -0.466 e. The number of carbonyl (C=O) groups excluding carboxylic acids is 2. The van der Waals surface area contributed by atoms with Crippen molar-refractivity contribution < 1.29 is 24.5 Å². The van der Waals surface area contributed by atoms with Crippen molar-refractivity contribution in [3.05, 3.63) is 36.5 Å². The van der Waals surface area contributed by atoms with E-state index in [0.717, 1.165) is 44.9 Å². The van der Waals surface area contributed by atoms with Crippen LogP contribution in [0.25, 0.3) is 0 Å². The Balaban J connectivity index is 3.33. The molecule has 0 aliphatic heterocycles. The number of aliphatic hydroxyl groups excluding tert-OH is 2. The number of hydrogen-bond donors (Lipinski definition) is 3. The van der Waals surface area contributed by atoms with Gasteiger partial charge in [-0.3, -0.25) is 9.59 Å². The maximum atomic E-state index is 12.5. The van der Waals surface area contributed by atoms with Gasteiger partial charge in [0, 0.05) is 12.8 Å². The van der Waals surface area contributed by atoms with E-state index in [4.69, 9.17) is 4.74 Å². The molecule has 0 aromatic rings. The van der Waals surface area contributed by atoms with Crippen molar-refractivity contribution in [1.29, 1.82) is 0 Å². The molecule has 6 nitrogen and oxygen atoms in total. The van der Waals surface area contributed by atoms with Crippen LogP contribution in [-0.4, -0.2) is 47.4 Å². The Kier molecular flexibility index (Phi) is 67.9. The predicted octanol–water partition coefficient (Wildman–Crippen LogP) is 23.5. The summed E-state index contributed by atoms with van der Waals surface area (Å²) in [5, 5.41) is 23.1. The number of esters is 1. The smallest absolute Gasteiger partial charge is 0.305 e. The molecule has 0 bridgehead atoms. The summed E-state index contributed by atoms with van der Waals surface area (Å²) in [5.74, 6) is -0.0507. The Bertz CT molecular complexity index is 1300. The molecule has 0 aromatic carbocycles. The van der Waals surface area contributed by atoms with E-state index in [0.29, 0.717) is 19.4 Å². The molecule has 0 heterocycles. The molecule has 2 atom stereocenters. The van der Waals surface area contributed by atoms with Crippen molar-refractivity contribution >= 4 is 11.9 Å². The molecule has 3 N–H and O–H groups in total. The van der Waals surface area contributed by atoms with Gasteiger partial charge in [0.1, 0.15) is 0 Å². The van der Waals surface area contributed by atoms with Crippen LogP contribution in [0.2, 0.25) is 0 Å². The van der Waals surface area contributed by atoms with Crippen LogP contribution < -0.4 is 5.32 Å². The molecule has 0 saturated heterocycles. The second-order valence-electron chi connectivity index (χ2n) is 24.9. The number of allylic oxidation sites excluding steroid dienone is 5. The number of ether oxygens (including phenoxy) is 1. The molecule has 0 fully saturated rings. The normalized spacial score (nSPS) is 12.7. The fraction of sp³-hybridized carbons (Fsp3) is 0.892. The van der Waals surface area contributed by atoms with E-state index in [2.05, 4.69) is 43.5 Å². The summed E-state index contributed by atoms with van der Waals surface area (Å²) >= 11 is 0. The van der Waals surface area contributed by atoms with E-state index in [-0.39, 0.29) is 18.5 Å². The number of aliphatic hydroxyl groups is 2. The van der Waals surface area contributed by atoms with Gasteiger partial charge in [-0.25, -0.2) is 0 Å². The molecule has 80 heavy (non-hydrogen) atoms. The highest BCUT2D eigenvalue weighted by Gasteiger charge is 2.18. The summed E-state index contributed by atoms with van der Waals surface area (Å²) in [6.07, 6.45) is 89.6. The van der Waals surface area contributed by atoms with Crippen LogP contribution in [-0.2, 0) is 14.3 Å². The lowest BCUT2D eigenvalue weighted by Gasteiger charge is -2.20. The molecule has 2 unspecified atom stereocenters. The average Bonchev–Trinajstić information content (AvgIpc) is 3.46. The number of rotatable bonds is 68. The fourth-order valence-corrected chi connectivity index (χ4v) is 11.3. The molecule has 0 aromatic heterocycles. The lowest BCUT2D eigenvalue weighted by atomic mass is 10.0. The Labute approximate surface area is 500 Å². The molecule has 0 spiro atoms. The van der Waals surface area contributed by atoms with E-state index >= 15 is 0 Å². The van der Waals surface area contributed by atoms with Crippen molar-refractivity contribution in [3.8, 4) is 0 Å². The van der Waals surface area contributed by atoms with Crippen molar-refractivity contribution in [2.24, 2.45) is 0 Å². The minimum atomic E-state index is -0.841. The van der Waals surface area contributed by atoms with E-state index in [1.807, 2.05) is 6.08 Å². The number of carbonyl (C=O) groups is 2. The van der Waals surface area contributed by atoms with Crippen molar-refractivity contribution in [2.75, 3.05) is 13.2 Å². The van der Waals surface area contributed by atoms with Gasteiger partial charge in [0.05, 0.1) is 25.4 Å². The van der Waals surface area contributed by atoms with Crippen molar-refractivity contribution in [3.63, 3.8) is 0 Å². The topological polar surface area (TPSA) is 95.9 Å². The van der Waals surface area contributed by atoms with Gasteiger partial charge in [0.15, 0.2) is 0 Å². The molecular formula is C74H141NO5. The maximum Gasteiger partial charge on any atom is 0.305 e. The number of hydrogen-bond acceptors (Lipinski definition) is 5. The van der Waals surface area contributed by atoms with E-state index in [1.165, 1.54) is 327 Å². The SMILES string of the molecule is CCCCCCCCC/C=C\CCCCCCCC(=O)OCCCCCCCCCCCCCCCC/C=C\CCCCCCCCCCCCCCCCCCCC(=O)NC(CO)C(O)/C=C/CCCCCCCCCCCC. The minimum absolute atomic E-state index is 0.0129. The van der Waals surface area contributed by atoms with Gasteiger partial charge in [-0.1, -0.05) is 339 Å². The molecule has 6 heteroatoms. The quantitative estimate of drug-likeness (QED) is 0.0320. The zero-order chi connectivity index (χ0) is 57.8. The summed E-state index contributed by atoms with van der Waals surface area (Å²) in [6, 6.07) is -0.624. The van der Waals surface area contributed by atoms with Crippen molar-refractivity contribution in [1.82, 2.24) is 5.32 Å². The van der Waals surface area contributed by atoms with Crippen LogP contribution in [0.4, 0.5) is 0 Å². The van der Waals surface area contributed by atoms with Crippen LogP contribution in [0.1, 0.15) is 399 Å². The Morgan fingerprint density at radius 3 is 0.887 bits per heavy atom. The Morgan fingerprint density at radius 2 is 0.588 bits per heavy atom.